The van der Waals surface area contributed by atoms with Crippen molar-refractivity contribution < 1.29 is 4.79 Å². The van der Waals surface area contributed by atoms with Crippen molar-refractivity contribution >= 4 is 16.8 Å². The zero-order valence-corrected chi connectivity index (χ0v) is 12.7. The molecule has 0 saturated heterocycles. The lowest BCUT2D eigenvalue weighted by molar-refractivity contribution is -0.121. The van der Waals surface area contributed by atoms with E-state index < -0.39 is 0 Å². The summed E-state index contributed by atoms with van der Waals surface area (Å²) >= 11 is 0. The molecule has 1 heterocycles. The second-order valence-electron chi connectivity index (χ2n) is 4.85. The van der Waals surface area contributed by atoms with Crippen LogP contribution in [0.1, 0.15) is 6.42 Å². The Kier molecular flexibility index (Phi) is 5.57. The first-order valence-electron chi connectivity index (χ1n) is 7.19. The molecule has 0 fully saturated rings. The van der Waals surface area contributed by atoms with Crippen LogP contribution in [0, 0.1) is 0 Å². The zero-order chi connectivity index (χ0) is 16.7. The molecule has 23 heavy (non-hydrogen) atoms. The van der Waals surface area contributed by atoms with Gasteiger partial charge < -0.3 is 5.32 Å². The molecule has 1 amide bonds. The van der Waals surface area contributed by atoms with Crippen molar-refractivity contribution in [3.63, 3.8) is 0 Å². The Morgan fingerprint density at radius 1 is 1.30 bits per heavy atom. The van der Waals surface area contributed by atoms with Crippen LogP contribution in [0.5, 0.6) is 0 Å². The fourth-order valence-electron chi connectivity index (χ4n) is 2.07. The average Bonchev–Trinajstić information content (AvgIpc) is 2.57. The zero-order valence-electron chi connectivity index (χ0n) is 12.7. The maximum Gasteiger partial charge on any atom is 0.278 e. The predicted octanol–water partition coefficient (Wildman–Crippen LogP) is 1.60. The summed E-state index contributed by atoms with van der Waals surface area (Å²) in [5.41, 5.74) is 1.16. The smallest absolute Gasteiger partial charge is 0.278 e. The van der Waals surface area contributed by atoms with Gasteiger partial charge in [-0.1, -0.05) is 48.7 Å². The van der Waals surface area contributed by atoms with E-state index in [1.165, 1.54) is 0 Å². The molecule has 0 aliphatic heterocycles. The van der Waals surface area contributed by atoms with Crippen LogP contribution in [0.3, 0.4) is 0 Å². The molecule has 118 valence electrons. The van der Waals surface area contributed by atoms with Gasteiger partial charge in [-0.05, 0) is 24.1 Å². The Balaban J connectivity index is 1.99. The van der Waals surface area contributed by atoms with Crippen LogP contribution in [0.15, 0.2) is 66.0 Å². The largest absolute Gasteiger partial charge is 0.354 e. The predicted molar refractivity (Wildman–Crippen MR) is 89.9 cm³/mol. The third kappa shape index (κ3) is 4.23. The van der Waals surface area contributed by atoms with E-state index in [2.05, 4.69) is 28.8 Å². The average molecular weight is 310 g/mol. The molecule has 2 aromatic rings. The van der Waals surface area contributed by atoms with Gasteiger partial charge in [0.25, 0.3) is 5.56 Å². The topological polar surface area (TPSA) is 76.9 Å². The van der Waals surface area contributed by atoms with Gasteiger partial charge in [-0.15, -0.1) is 5.10 Å². The van der Waals surface area contributed by atoms with Gasteiger partial charge in [0.15, 0.2) is 0 Å². The summed E-state index contributed by atoms with van der Waals surface area (Å²) in [4.78, 5) is 24.1. The first-order valence-corrected chi connectivity index (χ1v) is 7.19. The van der Waals surface area contributed by atoms with Crippen LogP contribution in [0.2, 0.25) is 0 Å². The van der Waals surface area contributed by atoms with Gasteiger partial charge in [0.2, 0.25) is 5.91 Å². The Labute approximate surface area is 133 Å². The van der Waals surface area contributed by atoms with Crippen molar-refractivity contribution in [1.29, 1.82) is 0 Å². The fourth-order valence-corrected chi connectivity index (χ4v) is 2.07. The van der Waals surface area contributed by atoms with E-state index in [1.807, 2.05) is 6.08 Å². The lowest BCUT2D eigenvalue weighted by Gasteiger charge is -2.07. The first-order chi connectivity index (χ1) is 11.2. The normalized spacial score (nSPS) is 11.2. The summed E-state index contributed by atoms with van der Waals surface area (Å²) in [6.07, 6.45) is 5.86. The van der Waals surface area contributed by atoms with Gasteiger partial charge in [-0.3, -0.25) is 9.59 Å². The van der Waals surface area contributed by atoms with E-state index in [0.29, 0.717) is 23.9 Å². The summed E-state index contributed by atoms with van der Waals surface area (Å²) in [7, 11) is 0. The number of nitrogens with zero attached hydrogens (tertiary/aromatic N) is 3. The van der Waals surface area contributed by atoms with E-state index in [4.69, 9.17) is 0 Å². The third-order valence-corrected chi connectivity index (χ3v) is 3.25. The van der Waals surface area contributed by atoms with E-state index in [9.17, 15) is 9.59 Å². The number of carbonyl (C=O) groups is 1. The van der Waals surface area contributed by atoms with Crippen LogP contribution < -0.4 is 10.9 Å². The molecule has 1 N–H and O–H groups in total. The summed E-state index contributed by atoms with van der Waals surface area (Å²) in [5, 5.41) is 10.9. The number of allylic oxidation sites excluding steroid dienone is 3. The highest BCUT2D eigenvalue weighted by Gasteiger charge is 2.08. The number of rotatable bonds is 7. The maximum atomic E-state index is 12.2. The van der Waals surface area contributed by atoms with Crippen molar-refractivity contribution in [3.8, 4) is 0 Å². The molecule has 1 aromatic heterocycles. The molecular formula is C17H18N4O2. The number of hydrogen-bond acceptors (Lipinski definition) is 4. The first kappa shape index (κ1) is 16.4. The second kappa shape index (κ2) is 7.84. The number of amides is 1. The van der Waals surface area contributed by atoms with Crippen molar-refractivity contribution in [2.24, 2.45) is 0 Å². The molecule has 2 rings (SSSR count). The molecule has 6 heteroatoms. The monoisotopic (exact) mass is 310 g/mol. The van der Waals surface area contributed by atoms with E-state index >= 15 is 0 Å². The molecule has 1 aromatic carbocycles. The highest BCUT2D eigenvalue weighted by Crippen LogP contribution is 2.03. The van der Waals surface area contributed by atoms with Crippen molar-refractivity contribution in [2.45, 2.75) is 13.0 Å². The van der Waals surface area contributed by atoms with Crippen LogP contribution in [0.4, 0.5) is 0 Å². The lowest BCUT2D eigenvalue weighted by atomic mass is 10.2. The second-order valence-corrected chi connectivity index (χ2v) is 4.85. The SMILES string of the molecule is C=C/C=C(\C=C)CCNC(=O)Cn1nnc2ccccc2c1=O. The Morgan fingerprint density at radius 2 is 2.09 bits per heavy atom. The van der Waals surface area contributed by atoms with Gasteiger partial charge >= 0.3 is 0 Å². The maximum absolute atomic E-state index is 12.2. The standard InChI is InChI=1S/C17H18N4O2/c1-3-7-13(4-2)10-11-18-16(22)12-21-17(23)14-8-5-6-9-15(14)19-20-21/h3-9H,1-2,10-12H2,(H,18,22)/b13-7+. The summed E-state index contributed by atoms with van der Waals surface area (Å²) in [5.74, 6) is -0.293. The number of hydrogen-bond donors (Lipinski definition) is 1. The number of aromatic nitrogens is 3. The van der Waals surface area contributed by atoms with Crippen LogP contribution in [-0.4, -0.2) is 27.4 Å². The van der Waals surface area contributed by atoms with Gasteiger partial charge in [-0.2, -0.15) is 0 Å². The van der Waals surface area contributed by atoms with Crippen molar-refractivity contribution in [1.82, 2.24) is 20.3 Å². The molecular weight excluding hydrogens is 292 g/mol. The van der Waals surface area contributed by atoms with E-state index in [-0.39, 0.29) is 18.0 Å². The van der Waals surface area contributed by atoms with Crippen LogP contribution in [-0.2, 0) is 11.3 Å². The molecule has 0 unspecified atom stereocenters. The minimum absolute atomic E-state index is 0.161. The Morgan fingerprint density at radius 3 is 2.83 bits per heavy atom. The fraction of sp³-hybridized carbons (Fsp3) is 0.176. The molecule has 0 atom stereocenters. The summed E-state index contributed by atoms with van der Waals surface area (Å²) < 4.78 is 1.06. The molecule has 0 bridgehead atoms. The summed E-state index contributed by atoms with van der Waals surface area (Å²) in [6.45, 7) is 7.59. The number of nitrogens with one attached hydrogen (secondary N) is 1. The van der Waals surface area contributed by atoms with Gasteiger partial charge in [0, 0.05) is 6.54 Å². The molecule has 0 aliphatic rings. The van der Waals surface area contributed by atoms with Crippen molar-refractivity contribution in [2.75, 3.05) is 6.54 Å². The number of carbonyl (C=O) groups excluding carboxylic acids is 1. The molecule has 0 saturated carbocycles. The highest BCUT2D eigenvalue weighted by atomic mass is 16.2. The number of fused-ring (bicyclic) bond motifs is 1. The van der Waals surface area contributed by atoms with Crippen LogP contribution in [0.25, 0.3) is 10.9 Å². The van der Waals surface area contributed by atoms with Gasteiger partial charge in [-0.25, -0.2) is 4.68 Å². The van der Waals surface area contributed by atoms with Crippen LogP contribution >= 0.6 is 0 Å². The minimum Gasteiger partial charge on any atom is -0.354 e. The lowest BCUT2D eigenvalue weighted by Crippen LogP contribution is -2.34. The quantitative estimate of drug-likeness (QED) is 0.788. The molecule has 6 nitrogen and oxygen atoms in total. The van der Waals surface area contributed by atoms with Gasteiger partial charge in [0.1, 0.15) is 12.1 Å². The third-order valence-electron chi connectivity index (χ3n) is 3.25. The molecule has 0 aliphatic carbocycles. The molecule has 0 radical (unpaired) electrons. The van der Waals surface area contributed by atoms with Crippen molar-refractivity contribution in [3.05, 3.63) is 71.6 Å². The minimum atomic E-state index is -0.330. The van der Waals surface area contributed by atoms with E-state index in [1.54, 1.807) is 36.4 Å². The molecule has 0 spiro atoms. The van der Waals surface area contributed by atoms with E-state index in [0.717, 1.165) is 10.3 Å². The highest BCUT2D eigenvalue weighted by molar-refractivity contribution is 5.78. The summed E-state index contributed by atoms with van der Waals surface area (Å²) in [6, 6.07) is 6.90. The Bertz CT molecular complexity index is 821. The Hall–Kier alpha value is -3.02. The number of benzene rings is 1. The van der Waals surface area contributed by atoms with Gasteiger partial charge in [0.05, 0.1) is 5.39 Å².